The first-order chi connectivity index (χ1) is 8.86. The number of anilines is 2. The molecule has 0 fully saturated rings. The van der Waals surface area contributed by atoms with Gasteiger partial charge in [0.15, 0.2) is 0 Å². The summed E-state index contributed by atoms with van der Waals surface area (Å²) in [5.74, 6) is 4.71. The zero-order valence-corrected chi connectivity index (χ0v) is 10.1. The molecule has 5 N–H and O–H groups in total. The number of halogens is 3. The minimum Gasteiger partial charge on any atom is -0.369 e. The van der Waals surface area contributed by atoms with Crippen molar-refractivity contribution in [1.82, 2.24) is 10.3 Å². The molecular weight excluding hydrogens is 263 g/mol. The maximum atomic E-state index is 12.6. The summed E-state index contributed by atoms with van der Waals surface area (Å²) in [7, 11) is 1.47. The van der Waals surface area contributed by atoms with Crippen LogP contribution in [0.3, 0.4) is 0 Å². The lowest BCUT2D eigenvalue weighted by Gasteiger charge is -2.12. The van der Waals surface area contributed by atoms with Crippen molar-refractivity contribution >= 4 is 17.5 Å². The molecular formula is C10H14F3N5O. The second-order valence-electron chi connectivity index (χ2n) is 3.62. The van der Waals surface area contributed by atoms with E-state index < -0.39 is 11.7 Å². The highest BCUT2D eigenvalue weighted by atomic mass is 19.4. The average molecular weight is 277 g/mol. The zero-order valence-electron chi connectivity index (χ0n) is 10.1. The lowest BCUT2D eigenvalue weighted by Crippen LogP contribution is -2.21. The molecule has 1 heterocycles. The maximum absolute atomic E-state index is 12.6. The number of nitrogens with one attached hydrogen (secondary N) is 3. The molecule has 0 aliphatic heterocycles. The molecule has 0 saturated carbocycles. The summed E-state index contributed by atoms with van der Waals surface area (Å²) in [6.07, 6.45) is -4.37. The van der Waals surface area contributed by atoms with Gasteiger partial charge in [-0.1, -0.05) is 0 Å². The van der Waals surface area contributed by atoms with Crippen LogP contribution in [0.5, 0.6) is 0 Å². The van der Waals surface area contributed by atoms with Crippen LogP contribution in [-0.4, -0.2) is 24.5 Å². The second kappa shape index (κ2) is 6.23. The Kier molecular flexibility index (Phi) is 4.93. The van der Waals surface area contributed by atoms with Gasteiger partial charge in [0.25, 0.3) is 0 Å². The number of nitrogens with two attached hydrogens (primary N) is 1. The Morgan fingerprint density at radius 2 is 2.00 bits per heavy atom. The number of amides is 1. The number of alkyl halides is 3. The number of carbonyl (C=O) groups excluding carboxylic acids is 1. The lowest BCUT2D eigenvalue weighted by molar-refractivity contribution is -0.137. The Hall–Kier alpha value is -2.03. The molecule has 0 aromatic carbocycles. The topological polar surface area (TPSA) is 92.1 Å². The quantitative estimate of drug-likeness (QED) is 0.475. The number of nitrogens with zero attached hydrogens (tertiary/aromatic N) is 1. The summed E-state index contributed by atoms with van der Waals surface area (Å²) in [6.45, 7) is 0.165. The summed E-state index contributed by atoms with van der Waals surface area (Å²) >= 11 is 0. The van der Waals surface area contributed by atoms with Crippen LogP contribution in [0.15, 0.2) is 12.1 Å². The number of hydrogen-bond donors (Lipinski definition) is 4. The Bertz CT molecular complexity index is 449. The number of nitrogen functional groups attached to an aromatic ring is 1. The molecule has 106 valence electrons. The van der Waals surface area contributed by atoms with Gasteiger partial charge >= 0.3 is 6.18 Å². The van der Waals surface area contributed by atoms with Crippen molar-refractivity contribution in [2.24, 2.45) is 5.84 Å². The fourth-order valence-electron chi connectivity index (χ4n) is 1.29. The van der Waals surface area contributed by atoms with E-state index in [1.54, 1.807) is 0 Å². The van der Waals surface area contributed by atoms with E-state index in [1.807, 2.05) is 0 Å². The Labute approximate surface area is 107 Å². The molecule has 1 amide bonds. The van der Waals surface area contributed by atoms with E-state index >= 15 is 0 Å². The fourth-order valence-corrected chi connectivity index (χ4v) is 1.29. The highest BCUT2D eigenvalue weighted by Crippen LogP contribution is 2.31. The smallest absolute Gasteiger partial charge is 0.369 e. The van der Waals surface area contributed by atoms with E-state index in [4.69, 9.17) is 5.84 Å². The van der Waals surface area contributed by atoms with Crippen molar-refractivity contribution < 1.29 is 18.0 Å². The third-order valence-corrected chi connectivity index (χ3v) is 2.24. The van der Waals surface area contributed by atoms with Gasteiger partial charge in [-0.3, -0.25) is 4.79 Å². The summed E-state index contributed by atoms with van der Waals surface area (Å²) < 4.78 is 37.8. The highest BCUT2D eigenvalue weighted by Gasteiger charge is 2.31. The SMILES string of the molecule is CNC(=O)CCNc1cc(C(F)(F)F)cc(NN)n1. The number of hydrazine groups is 1. The van der Waals surface area contributed by atoms with Gasteiger partial charge in [-0.2, -0.15) is 13.2 Å². The molecule has 9 heteroatoms. The molecule has 0 saturated heterocycles. The van der Waals surface area contributed by atoms with Crippen LogP contribution in [0.2, 0.25) is 0 Å². The van der Waals surface area contributed by atoms with E-state index in [9.17, 15) is 18.0 Å². The number of carbonyl (C=O) groups is 1. The minimum atomic E-state index is -4.49. The van der Waals surface area contributed by atoms with Gasteiger partial charge in [0.2, 0.25) is 5.91 Å². The van der Waals surface area contributed by atoms with Crippen LogP contribution < -0.4 is 21.9 Å². The van der Waals surface area contributed by atoms with Crippen LogP contribution in [-0.2, 0) is 11.0 Å². The zero-order chi connectivity index (χ0) is 14.5. The van der Waals surface area contributed by atoms with Crippen LogP contribution in [0.25, 0.3) is 0 Å². The average Bonchev–Trinajstić information content (AvgIpc) is 2.37. The summed E-state index contributed by atoms with van der Waals surface area (Å²) in [5.41, 5.74) is 1.18. The van der Waals surface area contributed by atoms with Crippen LogP contribution >= 0.6 is 0 Å². The third kappa shape index (κ3) is 4.62. The van der Waals surface area contributed by atoms with Gasteiger partial charge in [0.05, 0.1) is 5.56 Å². The lowest BCUT2D eigenvalue weighted by atomic mass is 10.2. The Morgan fingerprint density at radius 3 is 2.53 bits per heavy atom. The molecule has 6 nitrogen and oxygen atoms in total. The Balaban J connectivity index is 2.80. The van der Waals surface area contributed by atoms with Crippen molar-refractivity contribution in [3.8, 4) is 0 Å². The molecule has 1 aromatic rings. The number of pyridine rings is 1. The van der Waals surface area contributed by atoms with E-state index in [0.29, 0.717) is 0 Å². The van der Waals surface area contributed by atoms with Crippen molar-refractivity contribution in [3.63, 3.8) is 0 Å². The summed E-state index contributed by atoms with van der Waals surface area (Å²) in [6, 6.07) is 1.65. The van der Waals surface area contributed by atoms with Gasteiger partial charge in [0.1, 0.15) is 11.6 Å². The summed E-state index contributed by atoms with van der Waals surface area (Å²) in [4.78, 5) is 14.8. The summed E-state index contributed by atoms with van der Waals surface area (Å²) in [5, 5.41) is 5.03. The second-order valence-corrected chi connectivity index (χ2v) is 3.62. The molecule has 0 unspecified atom stereocenters. The normalized spacial score (nSPS) is 11.0. The largest absolute Gasteiger partial charge is 0.416 e. The first-order valence-electron chi connectivity index (χ1n) is 5.37. The molecule has 0 spiro atoms. The van der Waals surface area contributed by atoms with E-state index in [2.05, 4.69) is 21.0 Å². The van der Waals surface area contributed by atoms with Crippen molar-refractivity contribution in [2.45, 2.75) is 12.6 Å². The molecule has 19 heavy (non-hydrogen) atoms. The van der Waals surface area contributed by atoms with Gasteiger partial charge in [-0.15, -0.1) is 0 Å². The number of aromatic nitrogens is 1. The molecule has 1 rings (SSSR count). The first kappa shape index (κ1) is 15.0. The van der Waals surface area contributed by atoms with Gasteiger partial charge < -0.3 is 16.1 Å². The standard InChI is InChI=1S/C10H14F3N5O/c1-15-9(19)2-3-16-7-4-6(10(11,12)13)5-8(17-7)18-14/h4-5H,2-3,14H2,1H3,(H,15,19)(H2,16,17,18). The number of rotatable bonds is 5. The van der Waals surface area contributed by atoms with E-state index in [0.717, 1.165) is 12.1 Å². The molecule has 0 aliphatic carbocycles. The van der Waals surface area contributed by atoms with E-state index in [1.165, 1.54) is 7.05 Å². The Morgan fingerprint density at radius 1 is 1.37 bits per heavy atom. The van der Waals surface area contributed by atoms with Crippen LogP contribution in [0.4, 0.5) is 24.8 Å². The molecule has 1 aromatic heterocycles. The predicted octanol–water partition coefficient (Wildman–Crippen LogP) is 0.934. The molecule has 0 bridgehead atoms. The third-order valence-electron chi connectivity index (χ3n) is 2.24. The number of hydrogen-bond acceptors (Lipinski definition) is 5. The van der Waals surface area contributed by atoms with Crippen molar-refractivity contribution in [1.29, 1.82) is 0 Å². The van der Waals surface area contributed by atoms with Crippen molar-refractivity contribution in [2.75, 3.05) is 24.3 Å². The maximum Gasteiger partial charge on any atom is 0.416 e. The van der Waals surface area contributed by atoms with Crippen molar-refractivity contribution in [3.05, 3.63) is 17.7 Å². The molecule has 0 radical (unpaired) electrons. The predicted molar refractivity (Wildman–Crippen MR) is 64.2 cm³/mol. The first-order valence-corrected chi connectivity index (χ1v) is 5.37. The van der Waals surface area contributed by atoms with E-state index in [-0.39, 0.29) is 30.5 Å². The van der Waals surface area contributed by atoms with Gasteiger partial charge in [0, 0.05) is 20.0 Å². The van der Waals surface area contributed by atoms with Gasteiger partial charge in [-0.05, 0) is 12.1 Å². The van der Waals surface area contributed by atoms with Gasteiger partial charge in [-0.25, -0.2) is 10.8 Å². The molecule has 0 aliphatic rings. The minimum absolute atomic E-state index is 0.00771. The monoisotopic (exact) mass is 277 g/mol. The highest BCUT2D eigenvalue weighted by molar-refractivity contribution is 5.76. The van der Waals surface area contributed by atoms with Crippen LogP contribution in [0, 0.1) is 0 Å². The van der Waals surface area contributed by atoms with Crippen LogP contribution in [0.1, 0.15) is 12.0 Å². The fraction of sp³-hybridized carbons (Fsp3) is 0.400. The molecule has 0 atom stereocenters.